The molecule has 1 N–H and O–H groups in total. The number of hydrogen-bond acceptors (Lipinski definition) is 3. The Hall–Kier alpha value is -2.33. The summed E-state index contributed by atoms with van der Waals surface area (Å²) in [6.07, 6.45) is 0. The summed E-state index contributed by atoms with van der Waals surface area (Å²) in [4.78, 5) is 14.2. The standard InChI is InChI=1S/C22H30N2O2/c1-22(2,3)19-10-12-20(13-11-19)26-16-21(25)23-14-17-8-6-7-9-18(17)15-24(4)5/h6-13H,14-16H2,1-5H3,(H,23,25). The fraction of sp³-hybridized carbons (Fsp3) is 0.409. The van der Waals surface area contributed by atoms with Gasteiger partial charge in [0.15, 0.2) is 6.61 Å². The largest absolute Gasteiger partial charge is 0.484 e. The van der Waals surface area contributed by atoms with Crippen molar-refractivity contribution in [3.63, 3.8) is 0 Å². The van der Waals surface area contributed by atoms with Gasteiger partial charge in [-0.3, -0.25) is 4.79 Å². The highest BCUT2D eigenvalue weighted by Crippen LogP contribution is 2.24. The molecule has 0 aromatic heterocycles. The van der Waals surface area contributed by atoms with Gasteiger partial charge >= 0.3 is 0 Å². The minimum Gasteiger partial charge on any atom is -0.484 e. The van der Waals surface area contributed by atoms with Gasteiger partial charge in [-0.1, -0.05) is 57.2 Å². The normalized spacial score (nSPS) is 11.5. The van der Waals surface area contributed by atoms with Gasteiger partial charge in [-0.05, 0) is 48.3 Å². The molecule has 2 aromatic rings. The lowest BCUT2D eigenvalue weighted by Crippen LogP contribution is -2.29. The minimum atomic E-state index is -0.121. The van der Waals surface area contributed by atoms with E-state index in [1.165, 1.54) is 11.1 Å². The maximum atomic E-state index is 12.1. The van der Waals surface area contributed by atoms with Crippen LogP contribution in [0.5, 0.6) is 5.75 Å². The number of ether oxygens (including phenoxy) is 1. The number of nitrogens with one attached hydrogen (secondary N) is 1. The molecule has 2 rings (SSSR count). The Labute approximate surface area is 157 Å². The molecule has 2 aromatic carbocycles. The number of benzene rings is 2. The highest BCUT2D eigenvalue weighted by atomic mass is 16.5. The summed E-state index contributed by atoms with van der Waals surface area (Å²) >= 11 is 0. The van der Waals surface area contributed by atoms with Gasteiger partial charge in [0, 0.05) is 13.1 Å². The molecular formula is C22H30N2O2. The Morgan fingerprint density at radius 1 is 1.00 bits per heavy atom. The number of rotatable bonds is 7. The minimum absolute atomic E-state index is 0.0186. The van der Waals surface area contributed by atoms with Crippen LogP contribution >= 0.6 is 0 Å². The highest BCUT2D eigenvalue weighted by molar-refractivity contribution is 5.77. The van der Waals surface area contributed by atoms with Gasteiger partial charge in [0.05, 0.1) is 0 Å². The van der Waals surface area contributed by atoms with Gasteiger partial charge in [0.1, 0.15) is 5.75 Å². The van der Waals surface area contributed by atoms with Crippen LogP contribution in [-0.2, 0) is 23.3 Å². The number of hydrogen-bond donors (Lipinski definition) is 1. The van der Waals surface area contributed by atoms with Gasteiger partial charge in [-0.2, -0.15) is 0 Å². The SMILES string of the molecule is CN(C)Cc1ccccc1CNC(=O)COc1ccc(C(C)(C)C)cc1. The third-order valence-electron chi connectivity index (χ3n) is 4.17. The Kier molecular flexibility index (Phi) is 6.81. The zero-order valence-electron chi connectivity index (χ0n) is 16.5. The molecule has 0 aliphatic rings. The van der Waals surface area contributed by atoms with Crippen molar-refractivity contribution in [2.75, 3.05) is 20.7 Å². The van der Waals surface area contributed by atoms with E-state index in [-0.39, 0.29) is 17.9 Å². The summed E-state index contributed by atoms with van der Waals surface area (Å²) in [5, 5.41) is 2.94. The fourth-order valence-electron chi connectivity index (χ4n) is 2.67. The summed E-state index contributed by atoms with van der Waals surface area (Å²) in [5.41, 5.74) is 3.70. The molecule has 0 aliphatic carbocycles. The molecule has 0 saturated carbocycles. The predicted molar refractivity (Wildman–Crippen MR) is 106 cm³/mol. The number of amides is 1. The zero-order chi connectivity index (χ0) is 19.2. The van der Waals surface area contributed by atoms with Crippen LogP contribution in [0.3, 0.4) is 0 Å². The van der Waals surface area contributed by atoms with Crippen LogP contribution in [-0.4, -0.2) is 31.5 Å². The van der Waals surface area contributed by atoms with Crippen molar-refractivity contribution in [2.45, 2.75) is 39.3 Å². The molecule has 0 aliphatic heterocycles. The van der Waals surface area contributed by atoms with Crippen molar-refractivity contribution in [1.29, 1.82) is 0 Å². The Morgan fingerprint density at radius 2 is 1.62 bits per heavy atom. The first-order valence-corrected chi connectivity index (χ1v) is 8.97. The Morgan fingerprint density at radius 3 is 2.19 bits per heavy atom. The molecule has 0 saturated heterocycles. The van der Waals surface area contributed by atoms with Crippen molar-refractivity contribution in [1.82, 2.24) is 10.2 Å². The summed E-state index contributed by atoms with van der Waals surface area (Å²) < 4.78 is 5.60. The van der Waals surface area contributed by atoms with Gasteiger partial charge in [-0.15, -0.1) is 0 Å². The van der Waals surface area contributed by atoms with Crippen molar-refractivity contribution < 1.29 is 9.53 Å². The second-order valence-electron chi connectivity index (χ2n) is 7.85. The second kappa shape index (κ2) is 8.86. The summed E-state index contributed by atoms with van der Waals surface area (Å²) in [6.45, 7) is 7.89. The van der Waals surface area contributed by atoms with Crippen molar-refractivity contribution in [3.8, 4) is 5.75 Å². The molecule has 4 heteroatoms. The summed E-state index contributed by atoms with van der Waals surface area (Å²) in [6, 6.07) is 16.1. The first kappa shape index (κ1) is 20.0. The van der Waals surface area contributed by atoms with Crippen LogP contribution in [0, 0.1) is 0 Å². The molecule has 26 heavy (non-hydrogen) atoms. The fourth-order valence-corrected chi connectivity index (χ4v) is 2.67. The van der Waals surface area contributed by atoms with Crippen LogP contribution in [0.1, 0.15) is 37.5 Å². The zero-order valence-corrected chi connectivity index (χ0v) is 16.5. The predicted octanol–water partition coefficient (Wildman–Crippen LogP) is 3.74. The first-order valence-electron chi connectivity index (χ1n) is 8.97. The molecule has 140 valence electrons. The average molecular weight is 354 g/mol. The number of nitrogens with zero attached hydrogens (tertiary/aromatic N) is 1. The van der Waals surface area contributed by atoms with E-state index in [4.69, 9.17) is 4.74 Å². The third-order valence-corrected chi connectivity index (χ3v) is 4.17. The van der Waals surface area contributed by atoms with E-state index in [2.05, 4.69) is 37.1 Å². The van der Waals surface area contributed by atoms with E-state index in [9.17, 15) is 4.79 Å². The molecule has 0 fully saturated rings. The van der Waals surface area contributed by atoms with Crippen LogP contribution in [0.15, 0.2) is 48.5 Å². The van der Waals surface area contributed by atoms with Crippen molar-refractivity contribution >= 4 is 5.91 Å². The third kappa shape index (κ3) is 6.19. The van der Waals surface area contributed by atoms with Crippen molar-refractivity contribution in [3.05, 3.63) is 65.2 Å². The monoisotopic (exact) mass is 354 g/mol. The molecular weight excluding hydrogens is 324 g/mol. The van der Waals surface area contributed by atoms with Gasteiger partial charge < -0.3 is 15.0 Å². The Bertz CT molecular complexity index is 716. The van der Waals surface area contributed by atoms with Crippen LogP contribution in [0.4, 0.5) is 0 Å². The lowest BCUT2D eigenvalue weighted by Gasteiger charge is -2.19. The van der Waals surface area contributed by atoms with Gasteiger partial charge in [-0.25, -0.2) is 0 Å². The quantitative estimate of drug-likeness (QED) is 0.823. The molecule has 0 unspecified atom stereocenters. The highest BCUT2D eigenvalue weighted by Gasteiger charge is 2.13. The maximum Gasteiger partial charge on any atom is 0.258 e. The van der Waals surface area contributed by atoms with E-state index in [1.807, 2.05) is 56.6 Å². The summed E-state index contributed by atoms with van der Waals surface area (Å²) in [5.74, 6) is 0.589. The molecule has 0 radical (unpaired) electrons. The van der Waals surface area contributed by atoms with Gasteiger partial charge in [0.2, 0.25) is 0 Å². The molecule has 0 spiro atoms. The van der Waals surface area contributed by atoms with Crippen molar-refractivity contribution in [2.24, 2.45) is 0 Å². The second-order valence-corrected chi connectivity index (χ2v) is 7.85. The molecule has 0 bridgehead atoms. The maximum absolute atomic E-state index is 12.1. The summed E-state index contributed by atoms with van der Waals surface area (Å²) in [7, 11) is 4.07. The molecule has 0 heterocycles. The first-order chi connectivity index (χ1) is 12.3. The number of carbonyl (C=O) groups excluding carboxylic acids is 1. The molecule has 0 atom stereocenters. The van der Waals surface area contributed by atoms with Crippen LogP contribution in [0.2, 0.25) is 0 Å². The van der Waals surface area contributed by atoms with E-state index < -0.39 is 0 Å². The van der Waals surface area contributed by atoms with Crippen LogP contribution in [0.25, 0.3) is 0 Å². The molecule has 4 nitrogen and oxygen atoms in total. The van der Waals surface area contributed by atoms with Gasteiger partial charge in [0.25, 0.3) is 5.91 Å². The van der Waals surface area contributed by atoms with E-state index in [1.54, 1.807) is 0 Å². The van der Waals surface area contributed by atoms with E-state index >= 15 is 0 Å². The lowest BCUT2D eigenvalue weighted by atomic mass is 9.87. The average Bonchev–Trinajstić information content (AvgIpc) is 2.58. The van der Waals surface area contributed by atoms with E-state index in [0.29, 0.717) is 12.3 Å². The Balaban J connectivity index is 1.84. The lowest BCUT2D eigenvalue weighted by molar-refractivity contribution is -0.123. The van der Waals surface area contributed by atoms with Crippen LogP contribution < -0.4 is 10.1 Å². The topological polar surface area (TPSA) is 41.6 Å². The smallest absolute Gasteiger partial charge is 0.258 e. The number of carbonyl (C=O) groups is 1. The molecule has 1 amide bonds. The van der Waals surface area contributed by atoms with E-state index in [0.717, 1.165) is 12.1 Å².